The first-order chi connectivity index (χ1) is 11.0. The Hall–Kier alpha value is -1.95. The van der Waals surface area contributed by atoms with Crippen LogP contribution >= 0.6 is 0 Å². The first-order valence-corrected chi connectivity index (χ1v) is 8.14. The molecule has 0 aliphatic carbocycles. The predicted octanol–water partition coefficient (Wildman–Crippen LogP) is 2.22. The number of nitrogens with zero attached hydrogens (tertiary/aromatic N) is 2. The number of carbonyl (C=O) groups is 1. The molecule has 2 aliphatic heterocycles. The minimum Gasteiger partial charge on any atom is -0.465 e. The maximum atomic E-state index is 12.8. The summed E-state index contributed by atoms with van der Waals surface area (Å²) >= 11 is 0. The van der Waals surface area contributed by atoms with Gasteiger partial charge in [0.15, 0.2) is 0 Å². The molecule has 4 atom stereocenters. The summed E-state index contributed by atoms with van der Waals surface area (Å²) in [5, 5.41) is 11.8. The molecule has 23 heavy (non-hydrogen) atoms. The Morgan fingerprint density at radius 3 is 2.74 bits per heavy atom. The molecule has 1 aromatic rings. The minimum absolute atomic E-state index is 0.203. The molecule has 2 aliphatic rings. The highest BCUT2D eigenvalue weighted by atomic mass is 16.6. The van der Waals surface area contributed by atoms with Crippen molar-refractivity contribution in [1.29, 1.82) is 0 Å². The van der Waals surface area contributed by atoms with Crippen LogP contribution in [-0.4, -0.2) is 46.6 Å². The zero-order valence-electron chi connectivity index (χ0n) is 13.5. The van der Waals surface area contributed by atoms with Gasteiger partial charge in [-0.15, -0.1) is 0 Å². The van der Waals surface area contributed by atoms with Gasteiger partial charge in [0.1, 0.15) is 5.54 Å². The van der Waals surface area contributed by atoms with Crippen molar-refractivity contribution in [3.63, 3.8) is 0 Å². The molecule has 0 saturated carbocycles. The van der Waals surface area contributed by atoms with Gasteiger partial charge in [-0.1, -0.05) is 30.3 Å². The largest absolute Gasteiger partial charge is 0.465 e. The van der Waals surface area contributed by atoms with E-state index in [0.29, 0.717) is 6.54 Å². The number of nitro groups is 1. The van der Waals surface area contributed by atoms with Crippen molar-refractivity contribution >= 4 is 5.97 Å². The molecule has 3 rings (SSSR count). The van der Waals surface area contributed by atoms with Crippen molar-refractivity contribution in [2.45, 2.75) is 50.2 Å². The van der Waals surface area contributed by atoms with Gasteiger partial charge in [0.2, 0.25) is 6.04 Å². The molecule has 2 fully saturated rings. The molecular weight excluding hydrogens is 296 g/mol. The summed E-state index contributed by atoms with van der Waals surface area (Å²) in [4.78, 5) is 26.4. The summed E-state index contributed by atoms with van der Waals surface area (Å²) in [6, 6.07) is 8.37. The molecule has 0 unspecified atom stereocenters. The van der Waals surface area contributed by atoms with Crippen LogP contribution in [0.2, 0.25) is 0 Å². The standard InChI is InChI=1S/C17H22N2O4/c1-3-23-16(20)17(2)14(12-8-5-4-6-9-12)15(19(21)22)13-10-7-11-18(13)17/h4-6,8-9,13-15H,3,7,10-11H2,1-2H3/t13-,14-,15+,17+/m0/s1. The van der Waals surface area contributed by atoms with Crippen molar-refractivity contribution in [1.82, 2.24) is 4.90 Å². The van der Waals surface area contributed by atoms with Gasteiger partial charge in [-0.2, -0.15) is 0 Å². The van der Waals surface area contributed by atoms with E-state index < -0.39 is 17.5 Å². The molecule has 2 saturated heterocycles. The SMILES string of the molecule is CCOC(=O)[C@@]1(C)[C@@H](c2ccccc2)[C@H]([N+](=O)[O-])[C@@H]2CCCN21. The maximum absolute atomic E-state index is 12.8. The van der Waals surface area contributed by atoms with Crippen molar-refractivity contribution in [3.8, 4) is 0 Å². The van der Waals surface area contributed by atoms with Gasteiger partial charge in [-0.05, 0) is 38.8 Å². The lowest BCUT2D eigenvalue weighted by molar-refractivity contribution is -0.527. The van der Waals surface area contributed by atoms with Gasteiger partial charge in [0.25, 0.3) is 0 Å². The van der Waals surface area contributed by atoms with Gasteiger partial charge in [0, 0.05) is 4.92 Å². The van der Waals surface area contributed by atoms with Crippen LogP contribution in [0.5, 0.6) is 0 Å². The first kappa shape index (κ1) is 15.9. The fraction of sp³-hybridized carbons (Fsp3) is 0.588. The Balaban J connectivity index is 2.13. The van der Waals surface area contributed by atoms with Gasteiger partial charge >= 0.3 is 5.97 Å². The van der Waals surface area contributed by atoms with Crippen LogP contribution in [0.1, 0.15) is 38.2 Å². The highest BCUT2D eigenvalue weighted by Crippen LogP contribution is 2.50. The Morgan fingerprint density at radius 1 is 1.43 bits per heavy atom. The number of hydrogen-bond donors (Lipinski definition) is 0. The lowest BCUT2D eigenvalue weighted by Crippen LogP contribution is -2.52. The number of fused-ring (bicyclic) bond motifs is 1. The number of esters is 1. The molecule has 0 N–H and O–H groups in total. The van der Waals surface area contributed by atoms with Crippen LogP contribution in [0, 0.1) is 10.1 Å². The van der Waals surface area contributed by atoms with Crippen LogP contribution in [0.4, 0.5) is 0 Å². The lowest BCUT2D eigenvalue weighted by Gasteiger charge is -2.35. The van der Waals surface area contributed by atoms with E-state index in [2.05, 4.69) is 0 Å². The molecule has 2 heterocycles. The number of carbonyl (C=O) groups excluding carboxylic acids is 1. The second-order valence-electron chi connectivity index (χ2n) is 6.44. The molecule has 0 amide bonds. The summed E-state index contributed by atoms with van der Waals surface area (Å²) < 4.78 is 5.31. The third-order valence-electron chi connectivity index (χ3n) is 5.33. The number of ether oxygens (including phenoxy) is 1. The van der Waals surface area contributed by atoms with E-state index in [1.165, 1.54) is 0 Å². The Kier molecular flexibility index (Phi) is 4.10. The molecule has 6 heteroatoms. The first-order valence-electron chi connectivity index (χ1n) is 8.14. The van der Waals surface area contributed by atoms with Crippen LogP contribution in [0.25, 0.3) is 0 Å². The van der Waals surface area contributed by atoms with E-state index in [9.17, 15) is 14.9 Å². The predicted molar refractivity (Wildman–Crippen MR) is 84.7 cm³/mol. The topological polar surface area (TPSA) is 72.7 Å². The third kappa shape index (κ3) is 2.32. The zero-order valence-corrected chi connectivity index (χ0v) is 13.5. The molecule has 0 radical (unpaired) electrons. The quantitative estimate of drug-likeness (QED) is 0.483. The fourth-order valence-corrected chi connectivity index (χ4v) is 4.42. The number of hydrogen-bond acceptors (Lipinski definition) is 5. The van der Waals surface area contributed by atoms with E-state index in [-0.39, 0.29) is 23.5 Å². The van der Waals surface area contributed by atoms with E-state index in [1.807, 2.05) is 42.2 Å². The van der Waals surface area contributed by atoms with Crippen molar-refractivity contribution < 1.29 is 14.5 Å². The molecule has 6 nitrogen and oxygen atoms in total. The Morgan fingerprint density at radius 2 is 2.13 bits per heavy atom. The monoisotopic (exact) mass is 318 g/mol. The molecular formula is C17H22N2O4. The molecule has 124 valence electrons. The molecule has 0 aromatic heterocycles. The zero-order chi connectivity index (χ0) is 16.6. The Labute approximate surface area is 135 Å². The summed E-state index contributed by atoms with van der Waals surface area (Å²) in [6.07, 6.45) is 1.63. The normalized spacial score (nSPS) is 33.4. The van der Waals surface area contributed by atoms with E-state index in [1.54, 1.807) is 6.92 Å². The molecule has 0 bridgehead atoms. The van der Waals surface area contributed by atoms with E-state index in [0.717, 1.165) is 18.4 Å². The maximum Gasteiger partial charge on any atom is 0.327 e. The third-order valence-corrected chi connectivity index (χ3v) is 5.33. The van der Waals surface area contributed by atoms with Gasteiger partial charge in [0.05, 0.1) is 18.6 Å². The van der Waals surface area contributed by atoms with Crippen LogP contribution < -0.4 is 0 Å². The second-order valence-corrected chi connectivity index (χ2v) is 6.44. The second kappa shape index (κ2) is 5.92. The highest BCUT2D eigenvalue weighted by molar-refractivity contribution is 5.83. The van der Waals surface area contributed by atoms with Gasteiger partial charge in [-0.25, -0.2) is 0 Å². The Bertz CT molecular complexity index is 606. The van der Waals surface area contributed by atoms with E-state index in [4.69, 9.17) is 4.74 Å². The summed E-state index contributed by atoms with van der Waals surface area (Å²) in [6.45, 7) is 4.55. The molecule has 0 spiro atoms. The fourth-order valence-electron chi connectivity index (χ4n) is 4.42. The number of benzene rings is 1. The van der Waals surface area contributed by atoms with Crippen molar-refractivity contribution in [2.75, 3.05) is 13.2 Å². The van der Waals surface area contributed by atoms with Gasteiger partial charge in [-0.3, -0.25) is 19.8 Å². The molecule has 1 aromatic carbocycles. The highest BCUT2D eigenvalue weighted by Gasteiger charge is 2.67. The smallest absolute Gasteiger partial charge is 0.327 e. The average molecular weight is 318 g/mol. The van der Waals surface area contributed by atoms with E-state index >= 15 is 0 Å². The summed E-state index contributed by atoms with van der Waals surface area (Å²) in [5.74, 6) is -0.854. The van der Waals surface area contributed by atoms with Crippen LogP contribution in [0.15, 0.2) is 30.3 Å². The summed E-state index contributed by atoms with van der Waals surface area (Å²) in [5.41, 5.74) is -0.157. The van der Waals surface area contributed by atoms with Crippen LogP contribution in [0.3, 0.4) is 0 Å². The van der Waals surface area contributed by atoms with Crippen molar-refractivity contribution in [2.24, 2.45) is 0 Å². The van der Waals surface area contributed by atoms with Crippen LogP contribution in [-0.2, 0) is 9.53 Å². The lowest BCUT2D eigenvalue weighted by atomic mass is 9.77. The minimum atomic E-state index is -0.990. The average Bonchev–Trinajstić information content (AvgIpc) is 3.09. The summed E-state index contributed by atoms with van der Waals surface area (Å²) in [7, 11) is 0. The number of rotatable bonds is 4. The van der Waals surface area contributed by atoms with Crippen molar-refractivity contribution in [3.05, 3.63) is 46.0 Å². The van der Waals surface area contributed by atoms with Gasteiger partial charge < -0.3 is 4.74 Å².